The molecule has 5 heteroatoms. The minimum Gasteiger partial charge on any atom is -0.380 e. The van der Waals surface area contributed by atoms with E-state index < -0.39 is 5.60 Å². The molecule has 1 atom stereocenters. The molecule has 0 bridgehead atoms. The first-order valence-electron chi connectivity index (χ1n) is 4.88. The number of hydrogen-bond donors (Lipinski definition) is 1. The lowest BCUT2D eigenvalue weighted by atomic mass is 9.93. The van der Waals surface area contributed by atoms with Gasteiger partial charge >= 0.3 is 0 Å². The number of rotatable bonds is 2. The number of nitriles is 1. The predicted octanol–water partition coefficient (Wildman–Crippen LogP) is 3.03. The maximum Gasteiger partial charge on any atom is 0.124 e. The van der Waals surface area contributed by atoms with E-state index in [1.807, 2.05) is 0 Å². The third-order valence-corrected chi connectivity index (χ3v) is 4.42. The third-order valence-electron chi connectivity index (χ3n) is 2.52. The molecule has 1 unspecified atom stereocenters. The van der Waals surface area contributed by atoms with E-state index in [0.29, 0.717) is 15.7 Å². The maximum absolute atomic E-state index is 10.6. The van der Waals surface area contributed by atoms with Crippen molar-refractivity contribution in [2.75, 3.05) is 0 Å². The third kappa shape index (κ3) is 2.25. The van der Waals surface area contributed by atoms with E-state index in [1.165, 1.54) is 11.3 Å². The van der Waals surface area contributed by atoms with Crippen LogP contribution in [0.1, 0.15) is 22.9 Å². The second-order valence-corrected chi connectivity index (χ2v) is 5.34. The van der Waals surface area contributed by atoms with Crippen LogP contribution in [0.5, 0.6) is 0 Å². The molecule has 0 aliphatic heterocycles. The normalized spacial score (nSPS) is 14.0. The highest BCUT2D eigenvalue weighted by atomic mass is 79.9. The maximum atomic E-state index is 10.6. The van der Waals surface area contributed by atoms with Crippen molar-refractivity contribution in [3.8, 4) is 6.07 Å². The molecule has 1 aromatic carbocycles. The SMILES string of the molecule is CC(O)(c1cccc(C#N)c1)c1scnc1Br. The summed E-state index contributed by atoms with van der Waals surface area (Å²) in [5.41, 5.74) is 1.74. The Morgan fingerprint density at radius 3 is 2.88 bits per heavy atom. The Labute approximate surface area is 111 Å². The number of aliphatic hydroxyl groups is 1. The van der Waals surface area contributed by atoms with Gasteiger partial charge in [0.05, 0.1) is 22.0 Å². The molecule has 86 valence electrons. The van der Waals surface area contributed by atoms with Crippen LogP contribution in [0.25, 0.3) is 0 Å². The van der Waals surface area contributed by atoms with Gasteiger partial charge in [-0.15, -0.1) is 11.3 Å². The fourth-order valence-electron chi connectivity index (χ4n) is 1.57. The van der Waals surface area contributed by atoms with Crippen LogP contribution in [0, 0.1) is 11.3 Å². The number of nitrogens with zero attached hydrogens (tertiary/aromatic N) is 2. The molecule has 0 aliphatic carbocycles. The zero-order valence-corrected chi connectivity index (χ0v) is 11.4. The Bertz CT molecular complexity index is 586. The molecule has 0 saturated carbocycles. The standard InChI is InChI=1S/C12H9BrN2OS/c1-12(16,10-11(13)15-7-17-10)9-4-2-3-8(5-9)6-14/h2-5,7,16H,1H3. The molecule has 3 nitrogen and oxygen atoms in total. The molecule has 0 fully saturated rings. The predicted molar refractivity (Wildman–Crippen MR) is 69.6 cm³/mol. The molecule has 1 heterocycles. The first kappa shape index (κ1) is 12.2. The van der Waals surface area contributed by atoms with E-state index >= 15 is 0 Å². The van der Waals surface area contributed by atoms with Crippen LogP contribution in [0.15, 0.2) is 34.4 Å². The molecular formula is C12H9BrN2OS. The van der Waals surface area contributed by atoms with Crippen molar-refractivity contribution in [2.24, 2.45) is 0 Å². The Kier molecular flexibility index (Phi) is 3.29. The molecule has 17 heavy (non-hydrogen) atoms. The molecular weight excluding hydrogens is 300 g/mol. The van der Waals surface area contributed by atoms with Gasteiger partial charge in [0.15, 0.2) is 0 Å². The molecule has 0 spiro atoms. The Balaban J connectivity index is 2.52. The molecule has 0 saturated heterocycles. The van der Waals surface area contributed by atoms with Crippen LogP contribution in [0.3, 0.4) is 0 Å². The quantitative estimate of drug-likeness (QED) is 0.927. The van der Waals surface area contributed by atoms with Crippen molar-refractivity contribution in [1.29, 1.82) is 5.26 Å². The van der Waals surface area contributed by atoms with Crippen LogP contribution >= 0.6 is 27.3 Å². The van der Waals surface area contributed by atoms with Gasteiger partial charge in [0, 0.05) is 0 Å². The van der Waals surface area contributed by atoms with E-state index in [4.69, 9.17) is 5.26 Å². The molecule has 2 aromatic rings. The van der Waals surface area contributed by atoms with Crippen LogP contribution in [-0.2, 0) is 5.60 Å². The molecule has 0 amide bonds. The summed E-state index contributed by atoms with van der Waals surface area (Å²) in [7, 11) is 0. The summed E-state index contributed by atoms with van der Waals surface area (Å²) in [4.78, 5) is 4.79. The number of thiazole rings is 1. The fourth-order valence-corrected chi connectivity index (χ4v) is 3.24. The summed E-state index contributed by atoms with van der Waals surface area (Å²) in [6.45, 7) is 1.70. The average Bonchev–Trinajstić information content (AvgIpc) is 2.76. The van der Waals surface area contributed by atoms with E-state index in [1.54, 1.807) is 36.7 Å². The highest BCUT2D eigenvalue weighted by molar-refractivity contribution is 9.10. The van der Waals surface area contributed by atoms with E-state index in [0.717, 1.165) is 4.88 Å². The van der Waals surface area contributed by atoms with Gasteiger partial charge in [0.2, 0.25) is 0 Å². The van der Waals surface area contributed by atoms with Crippen molar-refractivity contribution in [3.05, 3.63) is 50.4 Å². The van der Waals surface area contributed by atoms with Crippen LogP contribution < -0.4 is 0 Å². The van der Waals surface area contributed by atoms with Crippen molar-refractivity contribution >= 4 is 27.3 Å². The summed E-state index contributed by atoms with van der Waals surface area (Å²) in [5.74, 6) is 0. The van der Waals surface area contributed by atoms with Gasteiger partial charge in [-0.25, -0.2) is 4.98 Å². The van der Waals surface area contributed by atoms with Gasteiger partial charge in [-0.3, -0.25) is 0 Å². The van der Waals surface area contributed by atoms with Crippen LogP contribution in [0.4, 0.5) is 0 Å². The largest absolute Gasteiger partial charge is 0.380 e. The van der Waals surface area contributed by atoms with Gasteiger partial charge in [-0.1, -0.05) is 12.1 Å². The lowest BCUT2D eigenvalue weighted by Gasteiger charge is -2.22. The minimum atomic E-state index is -1.15. The first-order chi connectivity index (χ1) is 8.05. The summed E-state index contributed by atoms with van der Waals surface area (Å²) < 4.78 is 0.634. The molecule has 1 aromatic heterocycles. The topological polar surface area (TPSA) is 56.9 Å². The lowest BCUT2D eigenvalue weighted by molar-refractivity contribution is 0.105. The average molecular weight is 309 g/mol. The lowest BCUT2D eigenvalue weighted by Crippen LogP contribution is -2.22. The van der Waals surface area contributed by atoms with Crippen molar-refractivity contribution in [1.82, 2.24) is 4.98 Å². The smallest absolute Gasteiger partial charge is 0.124 e. The van der Waals surface area contributed by atoms with Gasteiger partial charge in [-0.05, 0) is 40.5 Å². The number of benzene rings is 1. The fraction of sp³-hybridized carbons (Fsp3) is 0.167. The summed E-state index contributed by atoms with van der Waals surface area (Å²) in [6, 6.07) is 9.02. The Hall–Kier alpha value is -1.22. The monoisotopic (exact) mass is 308 g/mol. The Morgan fingerprint density at radius 1 is 1.53 bits per heavy atom. The first-order valence-corrected chi connectivity index (χ1v) is 6.55. The van der Waals surface area contributed by atoms with Gasteiger partial charge in [0.1, 0.15) is 10.2 Å². The highest BCUT2D eigenvalue weighted by Gasteiger charge is 2.30. The molecule has 2 rings (SSSR count). The van der Waals surface area contributed by atoms with Crippen molar-refractivity contribution in [2.45, 2.75) is 12.5 Å². The minimum absolute atomic E-state index is 0.531. The van der Waals surface area contributed by atoms with Crippen molar-refractivity contribution < 1.29 is 5.11 Å². The van der Waals surface area contributed by atoms with E-state index in [2.05, 4.69) is 27.0 Å². The number of aromatic nitrogens is 1. The summed E-state index contributed by atoms with van der Waals surface area (Å²) >= 11 is 4.68. The second kappa shape index (κ2) is 4.57. The summed E-state index contributed by atoms with van der Waals surface area (Å²) in [6.07, 6.45) is 0. The molecule has 0 radical (unpaired) electrons. The van der Waals surface area contributed by atoms with Crippen molar-refractivity contribution in [3.63, 3.8) is 0 Å². The zero-order chi connectivity index (χ0) is 12.5. The van der Waals surface area contributed by atoms with Gasteiger partial charge < -0.3 is 5.11 Å². The van der Waals surface area contributed by atoms with Gasteiger partial charge in [-0.2, -0.15) is 5.26 Å². The van der Waals surface area contributed by atoms with E-state index in [9.17, 15) is 5.11 Å². The highest BCUT2D eigenvalue weighted by Crippen LogP contribution is 2.36. The Morgan fingerprint density at radius 2 is 2.29 bits per heavy atom. The van der Waals surface area contributed by atoms with Crippen LogP contribution in [0.2, 0.25) is 0 Å². The van der Waals surface area contributed by atoms with E-state index in [-0.39, 0.29) is 0 Å². The number of halogens is 1. The van der Waals surface area contributed by atoms with Gasteiger partial charge in [0.25, 0.3) is 0 Å². The zero-order valence-electron chi connectivity index (χ0n) is 9.01. The second-order valence-electron chi connectivity index (χ2n) is 3.74. The molecule has 0 aliphatic rings. The number of hydrogen-bond acceptors (Lipinski definition) is 4. The van der Waals surface area contributed by atoms with Crippen LogP contribution in [-0.4, -0.2) is 10.1 Å². The molecule has 1 N–H and O–H groups in total. The summed E-state index contributed by atoms with van der Waals surface area (Å²) in [5, 5.41) is 19.4.